The van der Waals surface area contributed by atoms with Crippen LogP contribution in [0.4, 0.5) is 22.0 Å². The van der Waals surface area contributed by atoms with E-state index in [4.69, 9.17) is 0 Å². The molecule has 0 fully saturated rings. The molecule has 77 valence electrons. The molecule has 0 atom stereocenters. The summed E-state index contributed by atoms with van der Waals surface area (Å²) in [6.45, 7) is 0. The Labute approximate surface area is 76.1 Å². The molecule has 1 aromatic carbocycles. The fourth-order valence-corrected chi connectivity index (χ4v) is 0.819. The molecule has 1 nitrogen and oxygen atoms in total. The van der Waals surface area contributed by atoms with Crippen LogP contribution in [0.25, 0.3) is 0 Å². The van der Waals surface area contributed by atoms with Gasteiger partial charge in [-0.25, -0.2) is 8.78 Å². The SMILES string of the molecule is FC(F)c1[c]cccc1OC(F)(F)F. The molecule has 0 aliphatic heterocycles. The van der Waals surface area contributed by atoms with Crippen molar-refractivity contribution in [3.05, 3.63) is 29.8 Å². The molecule has 1 rings (SSSR count). The van der Waals surface area contributed by atoms with E-state index in [9.17, 15) is 22.0 Å². The number of benzene rings is 1. The van der Waals surface area contributed by atoms with E-state index in [1.165, 1.54) is 0 Å². The molecule has 0 unspecified atom stereocenters. The highest BCUT2D eigenvalue weighted by molar-refractivity contribution is 5.33. The summed E-state index contributed by atoms with van der Waals surface area (Å²) in [4.78, 5) is 0. The van der Waals surface area contributed by atoms with Crippen molar-refractivity contribution in [3.8, 4) is 5.75 Å². The summed E-state index contributed by atoms with van der Waals surface area (Å²) in [5.41, 5.74) is -0.898. The average Bonchev–Trinajstić information content (AvgIpc) is 2.01. The molecule has 1 aromatic rings. The van der Waals surface area contributed by atoms with Crippen molar-refractivity contribution in [2.45, 2.75) is 12.8 Å². The van der Waals surface area contributed by atoms with Gasteiger partial charge >= 0.3 is 6.36 Å². The Bertz CT molecular complexity index is 307. The molecule has 14 heavy (non-hydrogen) atoms. The van der Waals surface area contributed by atoms with Gasteiger partial charge in [-0.1, -0.05) is 12.1 Å². The highest BCUT2D eigenvalue weighted by Crippen LogP contribution is 2.31. The topological polar surface area (TPSA) is 9.23 Å². The molecule has 0 amide bonds. The van der Waals surface area contributed by atoms with Gasteiger partial charge in [0, 0.05) is 0 Å². The van der Waals surface area contributed by atoms with Crippen molar-refractivity contribution >= 4 is 0 Å². The second kappa shape index (κ2) is 3.81. The normalized spacial score (nSPS) is 11.9. The molecule has 0 saturated carbocycles. The summed E-state index contributed by atoms with van der Waals surface area (Å²) in [5, 5.41) is 0. The average molecular weight is 211 g/mol. The Balaban J connectivity index is 2.96. The van der Waals surface area contributed by atoms with Gasteiger partial charge in [0.25, 0.3) is 6.43 Å². The fraction of sp³-hybridized carbons (Fsp3) is 0.250. The highest BCUT2D eigenvalue weighted by Gasteiger charge is 2.33. The van der Waals surface area contributed by atoms with Crippen LogP contribution < -0.4 is 4.74 Å². The molecule has 6 heteroatoms. The zero-order valence-electron chi connectivity index (χ0n) is 6.61. The molecule has 1 radical (unpaired) electrons. The molecular formula is C8H4F5O. The van der Waals surface area contributed by atoms with Crippen molar-refractivity contribution in [3.63, 3.8) is 0 Å². The van der Waals surface area contributed by atoms with Gasteiger partial charge in [-0.3, -0.25) is 0 Å². The molecule has 0 aliphatic rings. The summed E-state index contributed by atoms with van der Waals surface area (Å²) in [6, 6.07) is 5.01. The summed E-state index contributed by atoms with van der Waals surface area (Å²) in [7, 11) is 0. The van der Waals surface area contributed by atoms with Crippen LogP contribution >= 0.6 is 0 Å². The number of halogens is 5. The number of ether oxygens (including phenoxy) is 1. The summed E-state index contributed by atoms with van der Waals surface area (Å²) >= 11 is 0. The Morgan fingerprint density at radius 2 is 1.93 bits per heavy atom. The lowest BCUT2D eigenvalue weighted by Gasteiger charge is -2.11. The van der Waals surface area contributed by atoms with Crippen LogP contribution in [0, 0.1) is 6.07 Å². The van der Waals surface area contributed by atoms with Gasteiger partial charge in [0.15, 0.2) is 0 Å². The monoisotopic (exact) mass is 211 g/mol. The van der Waals surface area contributed by atoms with Gasteiger partial charge in [0.1, 0.15) is 5.75 Å². The van der Waals surface area contributed by atoms with Crippen LogP contribution in [0.5, 0.6) is 5.75 Å². The number of hydrogen-bond donors (Lipinski definition) is 0. The summed E-state index contributed by atoms with van der Waals surface area (Å²) in [5.74, 6) is -0.921. The molecule has 0 heterocycles. The molecule has 0 bridgehead atoms. The Kier molecular flexibility index (Phi) is 2.93. The number of alkyl halides is 5. The lowest BCUT2D eigenvalue weighted by atomic mass is 10.2. The van der Waals surface area contributed by atoms with E-state index >= 15 is 0 Å². The van der Waals surface area contributed by atoms with Crippen molar-refractivity contribution in [1.82, 2.24) is 0 Å². The maximum absolute atomic E-state index is 12.1. The smallest absolute Gasteiger partial charge is 0.405 e. The molecule has 0 N–H and O–H groups in total. The van der Waals surface area contributed by atoms with Crippen LogP contribution in [-0.4, -0.2) is 6.36 Å². The predicted octanol–water partition coefficient (Wildman–Crippen LogP) is 3.32. The van der Waals surface area contributed by atoms with Crippen molar-refractivity contribution < 1.29 is 26.7 Å². The van der Waals surface area contributed by atoms with Gasteiger partial charge < -0.3 is 4.74 Å². The third-order valence-electron chi connectivity index (χ3n) is 1.29. The van der Waals surface area contributed by atoms with Crippen LogP contribution in [0.2, 0.25) is 0 Å². The van der Waals surface area contributed by atoms with E-state index in [1.807, 2.05) is 6.07 Å². The summed E-state index contributed by atoms with van der Waals surface area (Å²) < 4.78 is 62.7. The first-order valence-electron chi connectivity index (χ1n) is 3.44. The largest absolute Gasteiger partial charge is 0.573 e. The maximum atomic E-state index is 12.1. The Hall–Kier alpha value is -1.33. The van der Waals surface area contributed by atoms with Crippen molar-refractivity contribution in [2.75, 3.05) is 0 Å². The number of rotatable bonds is 2. The Morgan fingerprint density at radius 1 is 1.29 bits per heavy atom. The quantitative estimate of drug-likeness (QED) is 0.681. The Morgan fingerprint density at radius 3 is 2.43 bits per heavy atom. The van der Waals surface area contributed by atoms with Crippen LogP contribution in [0.15, 0.2) is 18.2 Å². The lowest BCUT2D eigenvalue weighted by Crippen LogP contribution is -2.18. The summed E-state index contributed by atoms with van der Waals surface area (Å²) in [6.07, 6.45) is -8.02. The van der Waals surface area contributed by atoms with Gasteiger partial charge in [0.05, 0.1) is 5.56 Å². The lowest BCUT2D eigenvalue weighted by molar-refractivity contribution is -0.275. The molecule has 0 aliphatic carbocycles. The second-order valence-electron chi connectivity index (χ2n) is 2.30. The zero-order valence-corrected chi connectivity index (χ0v) is 6.61. The fourth-order valence-electron chi connectivity index (χ4n) is 0.819. The maximum Gasteiger partial charge on any atom is 0.573 e. The first kappa shape index (κ1) is 10.7. The minimum Gasteiger partial charge on any atom is -0.405 e. The second-order valence-corrected chi connectivity index (χ2v) is 2.30. The van der Waals surface area contributed by atoms with Gasteiger partial charge in [-0.2, -0.15) is 0 Å². The minimum absolute atomic E-state index is 0.811. The highest BCUT2D eigenvalue weighted by atomic mass is 19.4. The zero-order chi connectivity index (χ0) is 10.8. The van der Waals surface area contributed by atoms with E-state index in [-0.39, 0.29) is 0 Å². The predicted molar refractivity (Wildman–Crippen MR) is 36.9 cm³/mol. The van der Waals surface area contributed by atoms with Gasteiger partial charge in [-0.15, -0.1) is 13.2 Å². The van der Waals surface area contributed by atoms with E-state index < -0.39 is 24.1 Å². The van der Waals surface area contributed by atoms with Gasteiger partial charge in [-0.05, 0) is 12.1 Å². The standard InChI is InChI=1S/C8H4F5O/c9-7(10)5-3-1-2-4-6(5)14-8(11,12)13/h1-2,4,7H. The molecule has 0 spiro atoms. The van der Waals surface area contributed by atoms with E-state index in [2.05, 4.69) is 4.74 Å². The van der Waals surface area contributed by atoms with Crippen LogP contribution in [0.1, 0.15) is 12.0 Å². The van der Waals surface area contributed by atoms with Crippen molar-refractivity contribution in [1.29, 1.82) is 0 Å². The van der Waals surface area contributed by atoms with E-state index in [0.717, 1.165) is 18.2 Å². The number of hydrogen-bond acceptors (Lipinski definition) is 1. The van der Waals surface area contributed by atoms with Crippen LogP contribution in [0.3, 0.4) is 0 Å². The van der Waals surface area contributed by atoms with Crippen molar-refractivity contribution in [2.24, 2.45) is 0 Å². The van der Waals surface area contributed by atoms with E-state index in [1.54, 1.807) is 0 Å². The molecule has 0 aromatic heterocycles. The van der Waals surface area contributed by atoms with Crippen LogP contribution in [-0.2, 0) is 0 Å². The third-order valence-corrected chi connectivity index (χ3v) is 1.29. The first-order valence-corrected chi connectivity index (χ1v) is 3.44. The molecule has 0 saturated heterocycles. The first-order chi connectivity index (χ1) is 6.40. The third kappa shape index (κ3) is 2.86. The minimum atomic E-state index is -4.97. The van der Waals surface area contributed by atoms with E-state index in [0.29, 0.717) is 0 Å². The molecular weight excluding hydrogens is 207 g/mol. The van der Waals surface area contributed by atoms with Gasteiger partial charge in [0.2, 0.25) is 0 Å².